The monoisotopic (exact) mass is 571 g/mol. The molecule has 2 saturated heterocycles. The number of benzene rings is 1. The van der Waals surface area contributed by atoms with E-state index in [1.807, 2.05) is 34.1 Å². The molecule has 11 heteroatoms. The summed E-state index contributed by atoms with van der Waals surface area (Å²) in [5.74, 6) is 0.743. The highest BCUT2D eigenvalue weighted by atomic mass is 35.5. The number of rotatable bonds is 10. The lowest BCUT2D eigenvalue weighted by molar-refractivity contribution is -0.140. The average molecular weight is 573 g/mol. The van der Waals surface area contributed by atoms with Gasteiger partial charge in [-0.1, -0.05) is 26.0 Å². The lowest BCUT2D eigenvalue weighted by Crippen LogP contribution is -2.56. The Kier molecular flexibility index (Phi) is 13.3. The van der Waals surface area contributed by atoms with E-state index in [1.54, 1.807) is 7.11 Å². The van der Waals surface area contributed by atoms with Crippen LogP contribution in [0.5, 0.6) is 0 Å². The third-order valence-electron chi connectivity index (χ3n) is 7.09. The molecular weight excluding hydrogens is 529 g/mol. The second kappa shape index (κ2) is 15.6. The number of morpholine rings is 1. The molecule has 0 unspecified atom stereocenters. The van der Waals surface area contributed by atoms with Crippen molar-refractivity contribution in [3.8, 4) is 0 Å². The third-order valence-corrected chi connectivity index (χ3v) is 7.09. The van der Waals surface area contributed by atoms with Crippen LogP contribution in [0.4, 0.5) is 0 Å². The number of aromatic nitrogens is 2. The first-order valence-electron chi connectivity index (χ1n) is 13.3. The van der Waals surface area contributed by atoms with Crippen LogP contribution in [0.2, 0.25) is 0 Å². The SMILES string of the molecule is COCCCCn1c(C(=O)N(CC(C)C)[C@@H]2CNC[C@H](C(=O)N3CCOCC3)C2)nc2ccccc21.Cl.Cl. The number of nitrogens with one attached hydrogen (secondary N) is 1. The molecule has 0 spiro atoms. The van der Waals surface area contributed by atoms with E-state index in [2.05, 4.69) is 23.7 Å². The van der Waals surface area contributed by atoms with Gasteiger partial charge in [0.1, 0.15) is 0 Å². The van der Waals surface area contributed by atoms with Crippen molar-refractivity contribution in [3.63, 3.8) is 0 Å². The van der Waals surface area contributed by atoms with Gasteiger partial charge in [0.15, 0.2) is 5.82 Å². The maximum atomic E-state index is 14.1. The van der Waals surface area contributed by atoms with Crippen molar-refractivity contribution in [2.24, 2.45) is 11.8 Å². The summed E-state index contributed by atoms with van der Waals surface area (Å²) in [5.41, 5.74) is 1.81. The molecule has 4 rings (SSSR count). The molecular formula is C27H43Cl2N5O4. The number of methoxy groups -OCH3 is 1. The summed E-state index contributed by atoms with van der Waals surface area (Å²) in [6.07, 6.45) is 2.49. The molecule has 38 heavy (non-hydrogen) atoms. The Morgan fingerprint density at radius 1 is 1.16 bits per heavy atom. The van der Waals surface area contributed by atoms with Crippen molar-refractivity contribution in [3.05, 3.63) is 30.1 Å². The van der Waals surface area contributed by atoms with Gasteiger partial charge in [-0.25, -0.2) is 4.98 Å². The Morgan fingerprint density at radius 2 is 1.89 bits per heavy atom. The van der Waals surface area contributed by atoms with Crippen LogP contribution in [0.1, 0.15) is 43.7 Å². The van der Waals surface area contributed by atoms with E-state index in [-0.39, 0.29) is 48.6 Å². The Bertz CT molecular complexity index is 1030. The molecule has 0 bridgehead atoms. The van der Waals surface area contributed by atoms with Crippen molar-refractivity contribution >= 4 is 47.7 Å². The van der Waals surface area contributed by atoms with Gasteiger partial charge >= 0.3 is 0 Å². The molecule has 9 nitrogen and oxygen atoms in total. The highest BCUT2D eigenvalue weighted by molar-refractivity contribution is 5.95. The highest BCUT2D eigenvalue weighted by Gasteiger charge is 2.36. The van der Waals surface area contributed by atoms with Crippen LogP contribution in [0.15, 0.2) is 24.3 Å². The zero-order valence-corrected chi connectivity index (χ0v) is 24.4. The maximum absolute atomic E-state index is 14.1. The van der Waals surface area contributed by atoms with Crippen molar-refractivity contribution in [2.45, 2.75) is 45.7 Å². The van der Waals surface area contributed by atoms with Crippen LogP contribution in [0.25, 0.3) is 11.0 Å². The largest absolute Gasteiger partial charge is 0.385 e. The predicted octanol–water partition coefficient (Wildman–Crippen LogP) is 3.24. The number of aryl methyl sites for hydroxylation is 1. The van der Waals surface area contributed by atoms with Crippen LogP contribution in [0, 0.1) is 11.8 Å². The number of hydrogen-bond donors (Lipinski definition) is 1. The number of carbonyl (C=O) groups is 2. The van der Waals surface area contributed by atoms with Crippen LogP contribution < -0.4 is 5.32 Å². The lowest BCUT2D eigenvalue weighted by atomic mass is 9.92. The van der Waals surface area contributed by atoms with Crippen molar-refractivity contribution < 1.29 is 19.1 Å². The normalized spacial score (nSPS) is 19.6. The van der Waals surface area contributed by atoms with E-state index >= 15 is 0 Å². The molecule has 1 aromatic heterocycles. The van der Waals surface area contributed by atoms with E-state index < -0.39 is 0 Å². The highest BCUT2D eigenvalue weighted by Crippen LogP contribution is 2.24. The van der Waals surface area contributed by atoms with Crippen molar-refractivity contribution in [2.75, 3.05) is 59.7 Å². The molecule has 3 heterocycles. The molecule has 214 valence electrons. The van der Waals surface area contributed by atoms with Gasteiger partial charge in [-0.15, -0.1) is 24.8 Å². The molecule has 2 aliphatic rings. The second-order valence-electron chi connectivity index (χ2n) is 10.3. The number of para-hydroxylation sites is 2. The number of unbranched alkanes of at least 4 members (excludes halogenated alkanes) is 1. The molecule has 2 fully saturated rings. The quantitative estimate of drug-likeness (QED) is 0.440. The molecule has 2 aliphatic heterocycles. The summed E-state index contributed by atoms with van der Waals surface area (Å²) >= 11 is 0. The summed E-state index contributed by atoms with van der Waals surface area (Å²) in [6.45, 7) is 10.1. The molecule has 0 aliphatic carbocycles. The number of hydrogen-bond acceptors (Lipinski definition) is 6. The maximum Gasteiger partial charge on any atom is 0.290 e. The zero-order valence-electron chi connectivity index (χ0n) is 22.8. The number of halogens is 2. The number of amides is 2. The number of piperidine rings is 1. The van der Waals surface area contributed by atoms with Gasteiger partial charge in [-0.05, 0) is 37.3 Å². The van der Waals surface area contributed by atoms with E-state index in [0.717, 1.165) is 23.9 Å². The molecule has 2 atom stereocenters. The minimum absolute atomic E-state index is 0. The first kappa shape index (κ1) is 32.3. The summed E-state index contributed by atoms with van der Waals surface area (Å²) in [7, 11) is 1.71. The lowest BCUT2D eigenvalue weighted by Gasteiger charge is -2.40. The van der Waals surface area contributed by atoms with Gasteiger partial charge < -0.3 is 29.2 Å². The Balaban J connectivity index is 0.00000253. The molecule has 1 N–H and O–H groups in total. The summed E-state index contributed by atoms with van der Waals surface area (Å²) in [6, 6.07) is 7.87. The van der Waals surface area contributed by atoms with Crippen molar-refractivity contribution in [1.29, 1.82) is 0 Å². The first-order chi connectivity index (χ1) is 17.5. The van der Waals surface area contributed by atoms with E-state index in [0.29, 0.717) is 77.3 Å². The minimum atomic E-state index is -0.142. The molecule has 2 aromatic rings. The number of ether oxygens (including phenoxy) is 2. The van der Waals surface area contributed by atoms with Gasteiger partial charge in [0, 0.05) is 59.0 Å². The smallest absolute Gasteiger partial charge is 0.290 e. The Morgan fingerprint density at radius 3 is 2.61 bits per heavy atom. The molecule has 1 aromatic carbocycles. The topological polar surface area (TPSA) is 88.9 Å². The Labute approximate surface area is 238 Å². The van der Waals surface area contributed by atoms with Gasteiger partial charge in [0.25, 0.3) is 5.91 Å². The van der Waals surface area contributed by atoms with Crippen LogP contribution in [0.3, 0.4) is 0 Å². The van der Waals surface area contributed by atoms with Gasteiger partial charge in [-0.3, -0.25) is 9.59 Å². The molecule has 2 amide bonds. The standard InChI is InChI=1S/C27H41N5O4.2ClH/c1-20(2)19-32(22-16-21(17-28-18-22)26(33)30-11-14-36-15-12-30)27(34)25-29-23-8-4-5-9-24(23)31(25)10-6-7-13-35-3;;/h4-5,8-9,20-22,28H,6-7,10-19H2,1-3H3;2*1H/t21-,22+;;/m1../s1. The summed E-state index contributed by atoms with van der Waals surface area (Å²) in [4.78, 5) is 36.0. The fourth-order valence-corrected chi connectivity index (χ4v) is 5.29. The minimum Gasteiger partial charge on any atom is -0.385 e. The number of nitrogens with zero attached hydrogens (tertiary/aromatic N) is 4. The van der Waals surface area contributed by atoms with Gasteiger partial charge in [0.2, 0.25) is 5.91 Å². The summed E-state index contributed by atoms with van der Waals surface area (Å²) < 4.78 is 12.7. The van der Waals surface area contributed by atoms with Gasteiger partial charge in [0.05, 0.1) is 30.2 Å². The van der Waals surface area contributed by atoms with Gasteiger partial charge in [-0.2, -0.15) is 0 Å². The predicted molar refractivity (Wildman–Crippen MR) is 153 cm³/mol. The number of fused-ring (bicyclic) bond motifs is 1. The first-order valence-corrected chi connectivity index (χ1v) is 13.3. The van der Waals surface area contributed by atoms with E-state index in [4.69, 9.17) is 14.5 Å². The fraction of sp³-hybridized carbons (Fsp3) is 0.667. The third kappa shape index (κ3) is 7.82. The zero-order chi connectivity index (χ0) is 25.5. The summed E-state index contributed by atoms with van der Waals surface area (Å²) in [5, 5.41) is 3.44. The fourth-order valence-electron chi connectivity index (χ4n) is 5.29. The van der Waals surface area contributed by atoms with Crippen molar-refractivity contribution in [1.82, 2.24) is 24.7 Å². The second-order valence-corrected chi connectivity index (χ2v) is 10.3. The van der Waals surface area contributed by atoms with Crippen LogP contribution in [-0.4, -0.2) is 96.9 Å². The Hall–Kier alpha value is -1.91. The van der Waals surface area contributed by atoms with E-state index in [9.17, 15) is 9.59 Å². The van der Waals surface area contributed by atoms with E-state index in [1.165, 1.54) is 0 Å². The van der Waals surface area contributed by atoms with Crippen LogP contribution >= 0.6 is 24.8 Å². The molecule has 0 saturated carbocycles. The number of carbonyl (C=O) groups excluding carboxylic acids is 2. The van der Waals surface area contributed by atoms with Crippen LogP contribution in [-0.2, 0) is 20.8 Å². The average Bonchev–Trinajstić information content (AvgIpc) is 3.28. The molecule has 0 radical (unpaired) electrons. The number of imidazole rings is 1.